The maximum absolute atomic E-state index is 13.1. The Bertz CT molecular complexity index is 1290. The Kier molecular flexibility index (Phi) is 6.84. The molecule has 0 saturated heterocycles. The normalized spacial score (nSPS) is 16.8. The molecule has 1 fully saturated rings. The maximum Gasteiger partial charge on any atom is 0.343 e. The van der Waals surface area contributed by atoms with Crippen molar-refractivity contribution in [3.05, 3.63) is 99.1 Å². The number of carbonyl (C=O) groups excluding carboxylic acids is 1. The van der Waals surface area contributed by atoms with Gasteiger partial charge in [0.2, 0.25) is 5.91 Å². The molecule has 0 bridgehead atoms. The van der Waals surface area contributed by atoms with Crippen LogP contribution in [-0.2, 0) is 17.6 Å². The van der Waals surface area contributed by atoms with E-state index in [-0.39, 0.29) is 23.5 Å². The van der Waals surface area contributed by atoms with E-state index in [1.807, 2.05) is 54.6 Å². The molecule has 1 unspecified atom stereocenters. The zero-order valence-electron chi connectivity index (χ0n) is 19.8. The summed E-state index contributed by atoms with van der Waals surface area (Å²) >= 11 is 0. The van der Waals surface area contributed by atoms with Crippen molar-refractivity contribution in [2.45, 2.75) is 57.3 Å². The summed E-state index contributed by atoms with van der Waals surface area (Å²) < 4.78 is 5.80. The first-order valence-corrected chi connectivity index (χ1v) is 12.6. The molecule has 2 aliphatic carbocycles. The van der Waals surface area contributed by atoms with E-state index >= 15 is 0 Å². The Labute approximate surface area is 205 Å². The van der Waals surface area contributed by atoms with Crippen LogP contribution >= 0.6 is 0 Å². The summed E-state index contributed by atoms with van der Waals surface area (Å²) in [4.78, 5) is 25.6. The standard InChI is InChI=1S/C30H31NO4/c32-26(18-15-20-9-4-3-5-10-20)31-23-12-8-11-22(19-23)27(21-16-17-21)28-29(33)24-13-6-1-2-7-14-25(24)35-30(28)34/h3-5,8-12,15,18-19,21,27,33H,1-2,6-7,13-14,16-17H2,(H,31,32)/b18-15+. The monoisotopic (exact) mass is 469 g/mol. The van der Waals surface area contributed by atoms with Gasteiger partial charge in [-0.1, -0.05) is 55.3 Å². The molecule has 1 atom stereocenters. The first kappa shape index (κ1) is 23.2. The zero-order chi connectivity index (χ0) is 24.2. The van der Waals surface area contributed by atoms with E-state index in [0.717, 1.165) is 61.6 Å². The number of amides is 1. The predicted octanol–water partition coefficient (Wildman–Crippen LogP) is 6.20. The van der Waals surface area contributed by atoms with Gasteiger partial charge >= 0.3 is 5.63 Å². The molecule has 1 amide bonds. The smallest absolute Gasteiger partial charge is 0.343 e. The molecule has 0 radical (unpaired) electrons. The number of hydrogen-bond acceptors (Lipinski definition) is 4. The minimum absolute atomic E-state index is 0.121. The van der Waals surface area contributed by atoms with Crippen LogP contribution in [0.4, 0.5) is 5.69 Å². The minimum atomic E-state index is -0.432. The number of fused-ring (bicyclic) bond motifs is 1. The first-order valence-electron chi connectivity index (χ1n) is 12.6. The Balaban J connectivity index is 1.43. The molecule has 5 rings (SSSR count). The number of nitrogens with one attached hydrogen (secondary N) is 1. The lowest BCUT2D eigenvalue weighted by molar-refractivity contribution is -0.111. The molecule has 1 heterocycles. The second-order valence-corrected chi connectivity index (χ2v) is 9.64. The largest absolute Gasteiger partial charge is 0.507 e. The zero-order valence-corrected chi connectivity index (χ0v) is 19.8. The SMILES string of the molecule is O=C(/C=C/c1ccccc1)Nc1cccc(C(c2c(O)c3c(oc2=O)CCCCCC3)C2CC2)c1. The molecule has 180 valence electrons. The predicted molar refractivity (Wildman–Crippen MR) is 138 cm³/mol. The lowest BCUT2D eigenvalue weighted by Crippen LogP contribution is -2.19. The van der Waals surface area contributed by atoms with Gasteiger partial charge in [-0.05, 0) is 67.4 Å². The number of rotatable bonds is 6. The van der Waals surface area contributed by atoms with E-state index in [1.165, 1.54) is 6.08 Å². The average Bonchev–Trinajstić information content (AvgIpc) is 3.68. The number of benzene rings is 2. The summed E-state index contributed by atoms with van der Waals surface area (Å²) in [6.45, 7) is 0. The molecule has 0 aliphatic heterocycles. The highest BCUT2D eigenvalue weighted by molar-refractivity contribution is 6.01. The summed E-state index contributed by atoms with van der Waals surface area (Å²) in [5.74, 6) is 0.572. The highest BCUT2D eigenvalue weighted by Gasteiger charge is 2.38. The van der Waals surface area contributed by atoms with Crippen molar-refractivity contribution in [2.75, 3.05) is 5.32 Å². The number of aromatic hydroxyl groups is 1. The third kappa shape index (κ3) is 5.40. The van der Waals surface area contributed by atoms with E-state index in [2.05, 4.69) is 5.32 Å². The fourth-order valence-electron chi connectivity index (χ4n) is 5.13. The Morgan fingerprint density at radius 3 is 2.54 bits per heavy atom. The quantitative estimate of drug-likeness (QED) is 0.421. The van der Waals surface area contributed by atoms with Crippen LogP contribution in [0.1, 0.15) is 72.5 Å². The Morgan fingerprint density at radius 1 is 1.00 bits per heavy atom. The van der Waals surface area contributed by atoms with E-state index in [0.29, 0.717) is 23.4 Å². The van der Waals surface area contributed by atoms with Gasteiger partial charge in [0.25, 0.3) is 0 Å². The van der Waals surface area contributed by atoms with Crippen LogP contribution in [0.2, 0.25) is 0 Å². The second kappa shape index (κ2) is 10.3. The molecule has 5 nitrogen and oxygen atoms in total. The van der Waals surface area contributed by atoms with Gasteiger partial charge in [-0.15, -0.1) is 0 Å². The van der Waals surface area contributed by atoms with Gasteiger partial charge in [0.05, 0.1) is 5.56 Å². The highest BCUT2D eigenvalue weighted by atomic mass is 16.4. The third-order valence-corrected chi connectivity index (χ3v) is 7.04. The van der Waals surface area contributed by atoms with Gasteiger partial charge in [-0.2, -0.15) is 0 Å². The van der Waals surface area contributed by atoms with E-state index in [4.69, 9.17) is 4.42 Å². The van der Waals surface area contributed by atoms with Crippen molar-refractivity contribution in [1.29, 1.82) is 0 Å². The van der Waals surface area contributed by atoms with Crippen molar-refractivity contribution in [3.63, 3.8) is 0 Å². The summed E-state index contributed by atoms with van der Waals surface area (Å²) in [5.41, 5.74) is 3.27. The molecular formula is C30H31NO4. The lowest BCUT2D eigenvalue weighted by atomic mass is 9.85. The van der Waals surface area contributed by atoms with E-state index in [1.54, 1.807) is 6.08 Å². The first-order chi connectivity index (χ1) is 17.1. The summed E-state index contributed by atoms with van der Waals surface area (Å²) in [7, 11) is 0. The van der Waals surface area contributed by atoms with E-state index in [9.17, 15) is 14.7 Å². The number of aryl methyl sites for hydroxylation is 1. The van der Waals surface area contributed by atoms with Crippen molar-refractivity contribution >= 4 is 17.7 Å². The summed E-state index contributed by atoms with van der Waals surface area (Å²) in [6.07, 6.45) is 10.9. The van der Waals surface area contributed by atoms with Crippen molar-refractivity contribution in [3.8, 4) is 5.75 Å². The number of carbonyl (C=O) groups is 1. The second-order valence-electron chi connectivity index (χ2n) is 9.64. The molecule has 1 saturated carbocycles. The maximum atomic E-state index is 13.1. The van der Waals surface area contributed by atoms with Crippen molar-refractivity contribution in [1.82, 2.24) is 0 Å². The van der Waals surface area contributed by atoms with Crippen LogP contribution < -0.4 is 10.9 Å². The molecule has 2 aliphatic rings. The van der Waals surface area contributed by atoms with Crippen LogP contribution in [0.15, 0.2) is 69.9 Å². The van der Waals surface area contributed by atoms with Gasteiger partial charge < -0.3 is 14.8 Å². The van der Waals surface area contributed by atoms with Crippen molar-refractivity contribution in [2.24, 2.45) is 5.92 Å². The Morgan fingerprint density at radius 2 is 1.77 bits per heavy atom. The average molecular weight is 470 g/mol. The molecule has 3 aromatic rings. The fourth-order valence-corrected chi connectivity index (χ4v) is 5.13. The van der Waals surface area contributed by atoms with Crippen molar-refractivity contribution < 1.29 is 14.3 Å². The minimum Gasteiger partial charge on any atom is -0.507 e. The van der Waals surface area contributed by atoms with Crippen LogP contribution in [0.5, 0.6) is 5.75 Å². The van der Waals surface area contributed by atoms with Gasteiger partial charge in [-0.3, -0.25) is 4.79 Å². The fraction of sp³-hybridized carbons (Fsp3) is 0.333. The van der Waals surface area contributed by atoms with Crippen LogP contribution in [0, 0.1) is 5.92 Å². The summed E-state index contributed by atoms with van der Waals surface area (Å²) in [5, 5.41) is 14.2. The molecule has 2 aromatic carbocycles. The molecule has 0 spiro atoms. The summed E-state index contributed by atoms with van der Waals surface area (Å²) in [6, 6.07) is 17.3. The highest BCUT2D eigenvalue weighted by Crippen LogP contribution is 2.49. The third-order valence-electron chi connectivity index (χ3n) is 7.04. The topological polar surface area (TPSA) is 79.5 Å². The van der Waals surface area contributed by atoms with Gasteiger partial charge in [0.15, 0.2) is 0 Å². The van der Waals surface area contributed by atoms with Gasteiger partial charge in [0.1, 0.15) is 11.5 Å². The number of anilines is 1. The Hall–Kier alpha value is -3.60. The molecular weight excluding hydrogens is 438 g/mol. The molecule has 5 heteroatoms. The number of hydrogen-bond donors (Lipinski definition) is 2. The molecule has 2 N–H and O–H groups in total. The van der Waals surface area contributed by atoms with E-state index < -0.39 is 5.63 Å². The molecule has 35 heavy (non-hydrogen) atoms. The van der Waals surface area contributed by atoms with Crippen LogP contribution in [0.3, 0.4) is 0 Å². The van der Waals surface area contributed by atoms with Crippen LogP contribution in [0.25, 0.3) is 6.08 Å². The molecule has 1 aromatic heterocycles. The van der Waals surface area contributed by atoms with Crippen LogP contribution in [-0.4, -0.2) is 11.0 Å². The lowest BCUT2D eigenvalue weighted by Gasteiger charge is -2.21. The van der Waals surface area contributed by atoms with Gasteiger partial charge in [-0.25, -0.2) is 4.79 Å². The van der Waals surface area contributed by atoms with Gasteiger partial charge in [0, 0.05) is 29.7 Å².